The SMILES string of the molecule is COCC[C@H]1CN(C2=Nc3ccccc3Nc3ccc(Cl)cc32)CCN1. The second-order valence-corrected chi connectivity index (χ2v) is 7.08. The Morgan fingerprint density at radius 1 is 1.23 bits per heavy atom. The van der Waals surface area contributed by atoms with Crippen molar-refractivity contribution in [1.29, 1.82) is 0 Å². The van der Waals surface area contributed by atoms with Gasteiger partial charge in [-0.25, -0.2) is 4.99 Å². The molecule has 0 aliphatic carbocycles. The van der Waals surface area contributed by atoms with Gasteiger partial charge in [-0.2, -0.15) is 0 Å². The van der Waals surface area contributed by atoms with E-state index in [9.17, 15) is 0 Å². The fourth-order valence-corrected chi connectivity index (χ4v) is 3.69. The van der Waals surface area contributed by atoms with E-state index in [1.54, 1.807) is 7.11 Å². The van der Waals surface area contributed by atoms with Crippen LogP contribution in [0.3, 0.4) is 0 Å². The first-order chi connectivity index (χ1) is 12.7. The molecule has 5 nitrogen and oxygen atoms in total. The molecule has 1 atom stereocenters. The molecule has 136 valence electrons. The van der Waals surface area contributed by atoms with E-state index in [4.69, 9.17) is 21.3 Å². The maximum Gasteiger partial charge on any atom is 0.138 e. The van der Waals surface area contributed by atoms with Crippen LogP contribution in [0.1, 0.15) is 12.0 Å². The third kappa shape index (κ3) is 3.56. The van der Waals surface area contributed by atoms with Gasteiger partial charge in [0, 0.05) is 55.7 Å². The maximum absolute atomic E-state index is 6.31. The van der Waals surface area contributed by atoms with Gasteiger partial charge in [-0.3, -0.25) is 0 Å². The molecule has 0 bridgehead atoms. The van der Waals surface area contributed by atoms with E-state index in [0.29, 0.717) is 6.04 Å². The summed E-state index contributed by atoms with van der Waals surface area (Å²) < 4.78 is 5.25. The van der Waals surface area contributed by atoms with Crippen molar-refractivity contribution in [2.24, 2.45) is 4.99 Å². The first-order valence-electron chi connectivity index (χ1n) is 8.96. The van der Waals surface area contributed by atoms with Gasteiger partial charge in [0.05, 0.1) is 11.4 Å². The summed E-state index contributed by atoms with van der Waals surface area (Å²) in [4.78, 5) is 7.38. The van der Waals surface area contributed by atoms with Crippen LogP contribution >= 0.6 is 11.6 Å². The molecule has 1 saturated heterocycles. The Morgan fingerprint density at radius 2 is 2.12 bits per heavy atom. The van der Waals surface area contributed by atoms with E-state index < -0.39 is 0 Å². The largest absolute Gasteiger partial charge is 0.385 e. The number of amidine groups is 1. The Labute approximate surface area is 159 Å². The first kappa shape index (κ1) is 17.3. The van der Waals surface area contributed by atoms with Gasteiger partial charge in [0.2, 0.25) is 0 Å². The number of benzene rings is 2. The van der Waals surface area contributed by atoms with Crippen LogP contribution in [0.25, 0.3) is 0 Å². The van der Waals surface area contributed by atoms with Crippen LogP contribution in [0.2, 0.25) is 5.02 Å². The van der Waals surface area contributed by atoms with Crippen molar-refractivity contribution in [2.45, 2.75) is 12.5 Å². The number of nitrogens with zero attached hydrogens (tertiary/aromatic N) is 2. The molecule has 4 rings (SSSR count). The Kier molecular flexibility index (Phi) is 5.11. The predicted octanol–water partition coefficient (Wildman–Crippen LogP) is 3.79. The number of aliphatic imine (C=N–C) groups is 1. The van der Waals surface area contributed by atoms with Crippen LogP contribution in [0.5, 0.6) is 0 Å². The molecule has 2 aromatic rings. The standard InChI is InChI=1S/C20H23ClN4O/c1-26-11-8-15-13-25(10-9-22-15)20-16-12-14(21)6-7-17(16)23-18-4-2-3-5-19(18)24-20/h2-7,12,15,22-23H,8-11,13H2,1H3/t15-/m0/s1. The smallest absolute Gasteiger partial charge is 0.138 e. The summed E-state index contributed by atoms with van der Waals surface area (Å²) in [6.07, 6.45) is 0.984. The molecule has 0 aromatic heterocycles. The highest BCUT2D eigenvalue weighted by Gasteiger charge is 2.26. The number of piperazine rings is 1. The minimum Gasteiger partial charge on any atom is -0.385 e. The van der Waals surface area contributed by atoms with Gasteiger partial charge in [0.25, 0.3) is 0 Å². The molecule has 26 heavy (non-hydrogen) atoms. The van der Waals surface area contributed by atoms with Crippen molar-refractivity contribution in [2.75, 3.05) is 38.7 Å². The van der Waals surface area contributed by atoms with E-state index in [1.807, 2.05) is 36.4 Å². The normalized spacial score (nSPS) is 19.1. The van der Waals surface area contributed by atoms with Crippen LogP contribution < -0.4 is 10.6 Å². The lowest BCUT2D eigenvalue weighted by Gasteiger charge is -2.36. The van der Waals surface area contributed by atoms with E-state index in [0.717, 1.165) is 66.1 Å². The van der Waals surface area contributed by atoms with Crippen LogP contribution in [0.15, 0.2) is 47.5 Å². The van der Waals surface area contributed by atoms with E-state index in [1.165, 1.54) is 0 Å². The topological polar surface area (TPSA) is 48.9 Å². The highest BCUT2D eigenvalue weighted by Crippen LogP contribution is 2.35. The summed E-state index contributed by atoms with van der Waals surface area (Å²) >= 11 is 6.31. The summed E-state index contributed by atoms with van der Waals surface area (Å²) in [6.45, 7) is 3.50. The van der Waals surface area contributed by atoms with Gasteiger partial charge in [0.1, 0.15) is 5.84 Å². The molecule has 0 amide bonds. The molecule has 0 saturated carbocycles. The Morgan fingerprint density at radius 3 is 3.00 bits per heavy atom. The van der Waals surface area contributed by atoms with Crippen LogP contribution in [0, 0.1) is 0 Å². The summed E-state index contributed by atoms with van der Waals surface area (Å²) in [5.41, 5.74) is 4.03. The van der Waals surface area contributed by atoms with E-state index in [2.05, 4.69) is 21.6 Å². The van der Waals surface area contributed by atoms with Gasteiger partial charge in [-0.1, -0.05) is 23.7 Å². The number of fused-ring (bicyclic) bond motifs is 2. The quantitative estimate of drug-likeness (QED) is 0.863. The van der Waals surface area contributed by atoms with E-state index >= 15 is 0 Å². The van der Waals surface area contributed by atoms with Crippen LogP contribution in [-0.4, -0.2) is 50.1 Å². The van der Waals surface area contributed by atoms with Gasteiger partial charge in [0.15, 0.2) is 0 Å². The Hall–Kier alpha value is -2.08. The number of anilines is 2. The van der Waals surface area contributed by atoms with Crippen LogP contribution in [-0.2, 0) is 4.74 Å². The third-order valence-corrected chi connectivity index (χ3v) is 5.08. The number of hydrogen-bond acceptors (Lipinski definition) is 5. The van der Waals surface area contributed by atoms with E-state index in [-0.39, 0.29) is 0 Å². The number of methoxy groups -OCH3 is 1. The van der Waals surface area contributed by atoms with Gasteiger partial charge in [-0.05, 0) is 36.8 Å². The lowest BCUT2D eigenvalue weighted by Crippen LogP contribution is -2.53. The van der Waals surface area contributed by atoms with Crippen molar-refractivity contribution >= 4 is 34.5 Å². The second kappa shape index (κ2) is 7.66. The average molecular weight is 371 g/mol. The number of halogens is 1. The Balaban J connectivity index is 1.73. The molecule has 2 heterocycles. The summed E-state index contributed by atoms with van der Waals surface area (Å²) in [6, 6.07) is 14.5. The van der Waals surface area contributed by atoms with Gasteiger partial charge in [-0.15, -0.1) is 0 Å². The van der Waals surface area contributed by atoms with Gasteiger partial charge >= 0.3 is 0 Å². The number of ether oxygens (including phenoxy) is 1. The van der Waals surface area contributed by atoms with Crippen LogP contribution in [0.4, 0.5) is 17.1 Å². The van der Waals surface area contributed by atoms with Crippen molar-refractivity contribution in [3.63, 3.8) is 0 Å². The number of nitrogens with one attached hydrogen (secondary N) is 2. The zero-order valence-corrected chi connectivity index (χ0v) is 15.6. The first-order valence-corrected chi connectivity index (χ1v) is 9.34. The molecular formula is C20H23ClN4O. The lowest BCUT2D eigenvalue weighted by atomic mass is 10.1. The molecule has 1 fully saturated rings. The molecule has 2 aromatic carbocycles. The zero-order valence-electron chi connectivity index (χ0n) is 14.8. The number of hydrogen-bond donors (Lipinski definition) is 2. The lowest BCUT2D eigenvalue weighted by molar-refractivity contribution is 0.168. The van der Waals surface area contributed by atoms with Crippen molar-refractivity contribution < 1.29 is 4.74 Å². The fourth-order valence-electron chi connectivity index (χ4n) is 3.52. The second-order valence-electron chi connectivity index (χ2n) is 6.65. The zero-order chi connectivity index (χ0) is 17.9. The third-order valence-electron chi connectivity index (χ3n) is 4.85. The van der Waals surface area contributed by atoms with Crippen molar-refractivity contribution in [3.05, 3.63) is 53.1 Å². The molecule has 0 spiro atoms. The molecule has 2 aliphatic heterocycles. The molecular weight excluding hydrogens is 348 g/mol. The highest BCUT2D eigenvalue weighted by molar-refractivity contribution is 6.31. The maximum atomic E-state index is 6.31. The number of para-hydroxylation sites is 2. The van der Waals surface area contributed by atoms with Crippen molar-refractivity contribution in [3.8, 4) is 0 Å². The minimum absolute atomic E-state index is 0.389. The Bertz CT molecular complexity index is 823. The highest BCUT2D eigenvalue weighted by atomic mass is 35.5. The molecule has 0 unspecified atom stereocenters. The van der Waals surface area contributed by atoms with Crippen molar-refractivity contribution in [1.82, 2.24) is 10.2 Å². The summed E-state index contributed by atoms with van der Waals surface area (Å²) in [5, 5.41) is 7.80. The average Bonchev–Trinajstić information content (AvgIpc) is 2.83. The summed E-state index contributed by atoms with van der Waals surface area (Å²) in [5.74, 6) is 0.976. The fraction of sp³-hybridized carbons (Fsp3) is 0.350. The molecule has 6 heteroatoms. The monoisotopic (exact) mass is 370 g/mol. The predicted molar refractivity (Wildman–Crippen MR) is 107 cm³/mol. The van der Waals surface area contributed by atoms with Gasteiger partial charge < -0.3 is 20.3 Å². The molecule has 0 radical (unpaired) electrons. The minimum atomic E-state index is 0.389. The molecule has 2 aliphatic rings. The summed E-state index contributed by atoms with van der Waals surface area (Å²) in [7, 11) is 1.75. The number of rotatable bonds is 3. The molecule has 2 N–H and O–H groups in total.